The second-order valence-corrected chi connectivity index (χ2v) is 14.1. The van der Waals surface area contributed by atoms with Crippen LogP contribution < -0.4 is 27.4 Å². The minimum Gasteiger partial charge on any atom is -0.394 e. The van der Waals surface area contributed by atoms with Gasteiger partial charge in [-0.3, -0.25) is 25.2 Å². The lowest BCUT2D eigenvalue weighted by atomic mass is 9.99. The van der Waals surface area contributed by atoms with Crippen molar-refractivity contribution in [3.05, 3.63) is 70.5 Å². The van der Waals surface area contributed by atoms with E-state index in [2.05, 4.69) is 57.1 Å². The number of aryl methyl sites for hydroxylation is 2. The largest absolute Gasteiger partial charge is 0.394 e. The highest BCUT2D eigenvalue weighted by Crippen LogP contribution is 2.22. The molecule has 13 N–H and O–H groups in total. The van der Waals surface area contributed by atoms with Crippen LogP contribution in [-0.2, 0) is 17.6 Å². The van der Waals surface area contributed by atoms with E-state index < -0.39 is 36.9 Å². The van der Waals surface area contributed by atoms with Crippen LogP contribution in [0.3, 0.4) is 0 Å². The van der Waals surface area contributed by atoms with E-state index in [1.165, 1.54) is 5.56 Å². The lowest BCUT2D eigenvalue weighted by Gasteiger charge is -2.30. The molecule has 56 heavy (non-hydrogen) atoms. The van der Waals surface area contributed by atoms with Gasteiger partial charge in [-0.15, -0.1) is 0 Å². The molecule has 3 aromatic rings. The highest BCUT2D eigenvalue weighted by Gasteiger charge is 2.31. The molecular weight excluding hydrogens is 742 g/mol. The van der Waals surface area contributed by atoms with Crippen molar-refractivity contribution in [3.8, 4) is 11.1 Å². The molecule has 0 aliphatic carbocycles. The minimum atomic E-state index is -1.68. The number of benzene rings is 2. The van der Waals surface area contributed by atoms with Gasteiger partial charge in [0.25, 0.3) is 5.91 Å². The summed E-state index contributed by atoms with van der Waals surface area (Å²) in [7, 11) is 0. The molecule has 16 nitrogen and oxygen atoms in total. The summed E-state index contributed by atoms with van der Waals surface area (Å²) in [5.41, 5.74) is 15.4. The van der Waals surface area contributed by atoms with Crippen LogP contribution in [0.25, 0.3) is 11.1 Å². The zero-order valence-corrected chi connectivity index (χ0v) is 32.7. The van der Waals surface area contributed by atoms with E-state index in [0.29, 0.717) is 39.0 Å². The fraction of sp³-hybridized carbons (Fsp3) is 0.513. The van der Waals surface area contributed by atoms with Crippen molar-refractivity contribution < 1.29 is 35.1 Å². The van der Waals surface area contributed by atoms with Gasteiger partial charge in [-0.05, 0) is 60.9 Å². The number of guanidine groups is 1. The second-order valence-electron chi connectivity index (χ2n) is 13.8. The number of carbonyl (C=O) groups excluding carboxylic acids is 2. The molecule has 4 atom stereocenters. The molecule has 3 rings (SSSR count). The number of carbonyl (C=O) groups is 2. The van der Waals surface area contributed by atoms with Crippen molar-refractivity contribution in [2.24, 2.45) is 0 Å². The molecule has 0 aliphatic rings. The van der Waals surface area contributed by atoms with E-state index in [1.807, 2.05) is 29.2 Å². The lowest BCUT2D eigenvalue weighted by Crippen LogP contribution is -2.50. The topological polar surface area (TPSA) is 276 Å². The number of nitrogen functional groups attached to an aromatic ring is 2. The maximum absolute atomic E-state index is 12.7. The monoisotopic (exact) mass is 799 g/mol. The Labute approximate surface area is 333 Å². The third-order valence-electron chi connectivity index (χ3n) is 9.28. The number of aliphatic hydroxyl groups excluding tert-OH is 5. The molecule has 0 bridgehead atoms. The Morgan fingerprint density at radius 3 is 2.04 bits per heavy atom. The van der Waals surface area contributed by atoms with Gasteiger partial charge in [0.15, 0.2) is 28.4 Å². The molecular formula is C39H58ClN9O7. The van der Waals surface area contributed by atoms with E-state index >= 15 is 0 Å². The van der Waals surface area contributed by atoms with Crippen molar-refractivity contribution in [1.82, 2.24) is 30.8 Å². The average Bonchev–Trinajstić information content (AvgIpc) is 3.19. The SMILES string of the molecule is CCCCCCN(CCNC(=O)CCc1ccc(-c2ccc(CCCCNC(=N)NC(=O)c3nc(Cl)c(N)nc3N)cc2)cc1)CC(O)C(O)C(O)C(O)CO. The molecule has 17 heteroatoms. The number of nitrogens with one attached hydrogen (secondary N) is 4. The first-order valence-electron chi connectivity index (χ1n) is 19.1. The van der Waals surface area contributed by atoms with E-state index in [4.69, 9.17) is 33.6 Å². The lowest BCUT2D eigenvalue weighted by molar-refractivity contribution is -0.121. The summed E-state index contributed by atoms with van der Waals surface area (Å²) in [6.07, 6.45) is 1.18. The molecule has 2 amide bonds. The first-order chi connectivity index (χ1) is 26.8. The van der Waals surface area contributed by atoms with Gasteiger partial charge in [0.05, 0.1) is 12.7 Å². The van der Waals surface area contributed by atoms with Crippen molar-refractivity contribution >= 4 is 41.0 Å². The van der Waals surface area contributed by atoms with Crippen LogP contribution in [0.2, 0.25) is 5.15 Å². The molecule has 0 fully saturated rings. The maximum atomic E-state index is 12.7. The summed E-state index contributed by atoms with van der Waals surface area (Å²) < 4.78 is 0. The van der Waals surface area contributed by atoms with Gasteiger partial charge < -0.3 is 47.6 Å². The maximum Gasteiger partial charge on any atom is 0.280 e. The van der Waals surface area contributed by atoms with Crippen LogP contribution in [0, 0.1) is 5.41 Å². The molecule has 4 unspecified atom stereocenters. The third kappa shape index (κ3) is 15.6. The summed E-state index contributed by atoms with van der Waals surface area (Å²) in [6.45, 7) is 3.33. The Balaban J connectivity index is 1.36. The van der Waals surface area contributed by atoms with Crippen LogP contribution in [0.15, 0.2) is 48.5 Å². The summed E-state index contributed by atoms with van der Waals surface area (Å²) in [5.74, 6) is -1.27. The second kappa shape index (κ2) is 24.3. The number of amides is 2. The van der Waals surface area contributed by atoms with Gasteiger partial charge in [0.1, 0.15) is 18.3 Å². The Morgan fingerprint density at radius 1 is 0.786 bits per heavy atom. The van der Waals surface area contributed by atoms with Crippen molar-refractivity contribution in [2.45, 2.75) is 89.1 Å². The molecule has 308 valence electrons. The van der Waals surface area contributed by atoms with Crippen molar-refractivity contribution in [3.63, 3.8) is 0 Å². The van der Waals surface area contributed by atoms with Crippen LogP contribution in [0.4, 0.5) is 11.6 Å². The normalized spacial score (nSPS) is 13.5. The highest BCUT2D eigenvalue weighted by atomic mass is 35.5. The molecule has 0 spiro atoms. The number of nitrogens with two attached hydrogens (primary N) is 2. The van der Waals surface area contributed by atoms with Gasteiger partial charge in [0, 0.05) is 32.6 Å². The number of unbranched alkanes of at least 4 members (excludes halogenated alkanes) is 4. The summed E-state index contributed by atoms with van der Waals surface area (Å²) >= 11 is 5.82. The number of hydrogen-bond acceptors (Lipinski definition) is 13. The Hall–Kier alpha value is -4.42. The number of aliphatic hydroxyl groups is 5. The molecule has 0 saturated carbocycles. The first kappa shape index (κ1) is 46.0. The molecule has 0 aliphatic heterocycles. The molecule has 1 aromatic heterocycles. The minimum absolute atomic E-state index is 0.0417. The number of anilines is 2. The third-order valence-corrected chi connectivity index (χ3v) is 9.56. The van der Waals surface area contributed by atoms with E-state index in [1.54, 1.807) is 0 Å². The fourth-order valence-electron chi connectivity index (χ4n) is 5.91. The van der Waals surface area contributed by atoms with Crippen LogP contribution >= 0.6 is 11.6 Å². The van der Waals surface area contributed by atoms with Gasteiger partial charge >= 0.3 is 0 Å². The number of aromatic nitrogens is 2. The molecule has 1 heterocycles. The fourth-order valence-corrected chi connectivity index (χ4v) is 6.04. The number of halogens is 1. The Kier molecular flexibility index (Phi) is 19.9. The summed E-state index contributed by atoms with van der Waals surface area (Å²) in [5, 5.41) is 65.4. The molecule has 0 saturated heterocycles. The van der Waals surface area contributed by atoms with Crippen molar-refractivity contribution in [2.75, 3.05) is 50.8 Å². The zero-order chi connectivity index (χ0) is 41.0. The van der Waals surface area contributed by atoms with Crippen LogP contribution in [0.5, 0.6) is 0 Å². The smallest absolute Gasteiger partial charge is 0.280 e. The van der Waals surface area contributed by atoms with E-state index in [-0.39, 0.29) is 40.9 Å². The summed E-state index contributed by atoms with van der Waals surface area (Å²) in [4.78, 5) is 34.5. The highest BCUT2D eigenvalue weighted by molar-refractivity contribution is 6.31. The zero-order valence-electron chi connectivity index (χ0n) is 32.0. The predicted molar refractivity (Wildman–Crippen MR) is 217 cm³/mol. The molecule has 0 radical (unpaired) electrons. The average molecular weight is 800 g/mol. The standard InChI is InChI=1S/C39H58ClN9O7/c1-2-3-4-7-21-49(23-29(51)33(54)34(55)30(52)24-50)22-20-44-31(53)18-13-26-11-16-28(17-12-26)27-14-9-25(10-15-27)8-5-6-19-45-39(43)48-38(56)32-36(41)47-37(42)35(40)46-32/h9-12,14-17,29-30,33-34,50-52,54-55H,2-8,13,18-24H2,1H3,(H,44,53)(H4,41,42,47)(H3,43,45,48,56). The Bertz CT molecular complexity index is 1670. The van der Waals surface area contributed by atoms with Crippen molar-refractivity contribution in [1.29, 1.82) is 5.41 Å². The van der Waals surface area contributed by atoms with Crippen LogP contribution in [0.1, 0.15) is 73.5 Å². The van der Waals surface area contributed by atoms with Gasteiger partial charge in [-0.25, -0.2) is 9.97 Å². The first-order valence-corrected chi connectivity index (χ1v) is 19.4. The number of nitrogens with zero attached hydrogens (tertiary/aromatic N) is 3. The summed E-state index contributed by atoms with van der Waals surface area (Å²) in [6, 6.07) is 16.4. The number of rotatable bonds is 24. The van der Waals surface area contributed by atoms with Gasteiger partial charge in [-0.2, -0.15) is 0 Å². The predicted octanol–water partition coefficient (Wildman–Crippen LogP) is 1.61. The van der Waals surface area contributed by atoms with Gasteiger partial charge in [-0.1, -0.05) is 86.3 Å². The number of hydrogen-bond donors (Lipinski definition) is 11. The quantitative estimate of drug-likeness (QED) is 0.0350. The Morgan fingerprint density at radius 2 is 1.41 bits per heavy atom. The van der Waals surface area contributed by atoms with Crippen LogP contribution in [-0.4, -0.2) is 122 Å². The van der Waals surface area contributed by atoms with E-state index in [0.717, 1.165) is 61.6 Å². The van der Waals surface area contributed by atoms with E-state index in [9.17, 15) is 30.0 Å². The van der Waals surface area contributed by atoms with Gasteiger partial charge in [0.2, 0.25) is 5.91 Å². The molecule has 2 aromatic carbocycles.